The van der Waals surface area contributed by atoms with E-state index in [-0.39, 0.29) is 9.56 Å². The van der Waals surface area contributed by atoms with Crippen molar-refractivity contribution < 1.29 is 22.7 Å². The van der Waals surface area contributed by atoms with Gasteiger partial charge in [0.15, 0.2) is 4.67 Å². The summed E-state index contributed by atoms with van der Waals surface area (Å²) in [5, 5.41) is 8.82. The molecule has 2 aromatic rings. The second-order valence-electron chi connectivity index (χ2n) is 4.31. The third kappa shape index (κ3) is 3.52. The predicted octanol–water partition coefficient (Wildman–Crippen LogP) is 2.78. The van der Waals surface area contributed by atoms with Crippen molar-refractivity contribution in [1.82, 2.24) is 4.72 Å². The van der Waals surface area contributed by atoms with E-state index >= 15 is 0 Å². The number of sulfonamides is 1. The minimum atomic E-state index is -3.90. The summed E-state index contributed by atoms with van der Waals surface area (Å²) in [7, 11) is -3.90. The normalized spacial score (nSPS) is 13.0. The highest BCUT2D eigenvalue weighted by atomic mass is 79.9. The Hall–Kier alpha value is -1.64. The van der Waals surface area contributed by atoms with Gasteiger partial charge < -0.3 is 9.52 Å². The van der Waals surface area contributed by atoms with E-state index in [2.05, 4.69) is 20.7 Å². The summed E-state index contributed by atoms with van der Waals surface area (Å²) in [5.74, 6) is -1.79. The Morgan fingerprint density at radius 1 is 1.33 bits per heavy atom. The largest absolute Gasteiger partial charge is 0.475 e. The van der Waals surface area contributed by atoms with Gasteiger partial charge in [-0.3, -0.25) is 0 Å². The fourth-order valence-electron chi connectivity index (χ4n) is 1.75. The second-order valence-corrected chi connectivity index (χ2v) is 6.71. The fraction of sp³-hybridized carbons (Fsp3) is 0.154. The standard InChI is InChI=1S/C13H12BrNO5S/c1-8(9-5-3-2-4-6-9)15-21(18,19)11-7-10(13(16)17)20-12(11)14/h2-8,15H,1H3,(H,16,17)/t8-/m1/s1. The molecule has 0 aliphatic rings. The van der Waals surface area contributed by atoms with Crippen molar-refractivity contribution in [3.63, 3.8) is 0 Å². The van der Waals surface area contributed by atoms with E-state index in [1.807, 2.05) is 6.07 Å². The maximum Gasteiger partial charge on any atom is 0.371 e. The minimum Gasteiger partial charge on any atom is -0.475 e. The van der Waals surface area contributed by atoms with Crippen LogP contribution in [0, 0.1) is 0 Å². The number of benzene rings is 1. The first kappa shape index (κ1) is 15.7. The average molecular weight is 374 g/mol. The van der Waals surface area contributed by atoms with Crippen LogP contribution >= 0.6 is 15.9 Å². The number of carboxylic acids is 1. The number of nitrogens with one attached hydrogen (secondary N) is 1. The topological polar surface area (TPSA) is 96.6 Å². The van der Waals surface area contributed by atoms with Gasteiger partial charge in [-0.1, -0.05) is 30.3 Å². The Morgan fingerprint density at radius 3 is 2.48 bits per heavy atom. The third-order valence-electron chi connectivity index (χ3n) is 2.79. The molecular weight excluding hydrogens is 362 g/mol. The van der Waals surface area contributed by atoms with Gasteiger partial charge >= 0.3 is 5.97 Å². The number of rotatable bonds is 5. The number of hydrogen-bond donors (Lipinski definition) is 2. The minimum absolute atomic E-state index is 0.146. The van der Waals surface area contributed by atoms with E-state index < -0.39 is 27.8 Å². The SMILES string of the molecule is C[C@@H](NS(=O)(=O)c1cc(C(=O)O)oc1Br)c1ccccc1. The maximum absolute atomic E-state index is 12.3. The van der Waals surface area contributed by atoms with Crippen molar-refractivity contribution in [3.05, 3.63) is 52.4 Å². The van der Waals surface area contributed by atoms with Crippen molar-refractivity contribution in [2.24, 2.45) is 0 Å². The van der Waals surface area contributed by atoms with E-state index in [0.29, 0.717) is 0 Å². The van der Waals surface area contributed by atoms with E-state index in [0.717, 1.165) is 11.6 Å². The number of hydrogen-bond acceptors (Lipinski definition) is 4. The van der Waals surface area contributed by atoms with Crippen LogP contribution in [0.3, 0.4) is 0 Å². The summed E-state index contributed by atoms with van der Waals surface area (Å²) in [5.41, 5.74) is 0.791. The lowest BCUT2D eigenvalue weighted by Gasteiger charge is -2.13. The summed E-state index contributed by atoms with van der Waals surface area (Å²) >= 11 is 2.92. The van der Waals surface area contributed by atoms with Gasteiger partial charge in [-0.05, 0) is 28.4 Å². The Balaban J connectivity index is 2.29. The Labute approximate surface area is 130 Å². The van der Waals surface area contributed by atoms with Gasteiger partial charge in [0.25, 0.3) is 0 Å². The first-order valence-corrected chi connectivity index (χ1v) is 8.19. The highest BCUT2D eigenvalue weighted by Crippen LogP contribution is 2.27. The molecular formula is C13H12BrNO5S. The van der Waals surface area contributed by atoms with Crippen LogP contribution in [0.25, 0.3) is 0 Å². The summed E-state index contributed by atoms with van der Waals surface area (Å²) in [6.45, 7) is 1.69. The Bertz CT molecular complexity index is 754. The van der Waals surface area contributed by atoms with Crippen LogP contribution in [-0.4, -0.2) is 19.5 Å². The molecule has 0 bridgehead atoms. The van der Waals surface area contributed by atoms with Crippen LogP contribution in [0.1, 0.15) is 29.1 Å². The molecule has 21 heavy (non-hydrogen) atoms. The van der Waals surface area contributed by atoms with Crippen molar-refractivity contribution in [3.8, 4) is 0 Å². The van der Waals surface area contributed by atoms with Gasteiger partial charge in [0.05, 0.1) is 0 Å². The monoisotopic (exact) mass is 373 g/mol. The van der Waals surface area contributed by atoms with Gasteiger partial charge in [-0.2, -0.15) is 0 Å². The molecule has 0 saturated carbocycles. The molecule has 0 spiro atoms. The van der Waals surface area contributed by atoms with Crippen LogP contribution in [0.5, 0.6) is 0 Å². The molecule has 8 heteroatoms. The lowest BCUT2D eigenvalue weighted by molar-refractivity contribution is 0.0661. The average Bonchev–Trinajstić information content (AvgIpc) is 2.82. The number of halogens is 1. The number of carboxylic acid groups (broad SMARTS) is 1. The van der Waals surface area contributed by atoms with E-state index in [1.54, 1.807) is 31.2 Å². The molecule has 6 nitrogen and oxygen atoms in total. The summed E-state index contributed by atoms with van der Waals surface area (Å²) in [6, 6.07) is 9.52. The molecule has 1 atom stereocenters. The van der Waals surface area contributed by atoms with Crippen molar-refractivity contribution in [1.29, 1.82) is 0 Å². The molecule has 0 radical (unpaired) electrons. The summed E-state index contributed by atoms with van der Waals surface area (Å²) in [4.78, 5) is 10.6. The third-order valence-corrected chi connectivity index (χ3v) is 5.18. The van der Waals surface area contributed by atoms with Crippen molar-refractivity contribution in [2.45, 2.75) is 17.9 Å². The predicted molar refractivity (Wildman–Crippen MR) is 78.5 cm³/mol. The molecule has 0 amide bonds. The molecule has 1 aromatic heterocycles. The van der Waals surface area contributed by atoms with Crippen molar-refractivity contribution >= 4 is 31.9 Å². The number of aromatic carboxylic acids is 1. The van der Waals surface area contributed by atoms with Gasteiger partial charge in [0, 0.05) is 12.1 Å². The fourth-order valence-corrected chi connectivity index (χ4v) is 3.92. The highest BCUT2D eigenvalue weighted by Gasteiger charge is 2.26. The van der Waals surface area contributed by atoms with Gasteiger partial charge in [-0.25, -0.2) is 17.9 Å². The van der Waals surface area contributed by atoms with E-state index in [4.69, 9.17) is 9.52 Å². The maximum atomic E-state index is 12.3. The molecule has 2 N–H and O–H groups in total. The molecule has 0 aliphatic heterocycles. The number of furan rings is 1. The molecule has 1 heterocycles. The van der Waals surface area contributed by atoms with Crippen LogP contribution in [0.15, 0.2) is 50.4 Å². The zero-order chi connectivity index (χ0) is 15.6. The van der Waals surface area contributed by atoms with E-state index in [9.17, 15) is 13.2 Å². The highest BCUT2D eigenvalue weighted by molar-refractivity contribution is 9.10. The Morgan fingerprint density at radius 2 is 1.95 bits per heavy atom. The molecule has 0 aliphatic carbocycles. The number of carbonyl (C=O) groups is 1. The van der Waals surface area contributed by atoms with Crippen LogP contribution in [0.2, 0.25) is 0 Å². The second kappa shape index (κ2) is 6.00. The molecule has 0 fully saturated rings. The molecule has 2 rings (SSSR count). The smallest absolute Gasteiger partial charge is 0.371 e. The van der Waals surface area contributed by atoms with Gasteiger partial charge in [0.1, 0.15) is 4.90 Å². The van der Waals surface area contributed by atoms with Crippen LogP contribution in [0.4, 0.5) is 0 Å². The lowest BCUT2D eigenvalue weighted by atomic mass is 10.1. The lowest BCUT2D eigenvalue weighted by Crippen LogP contribution is -2.26. The first-order valence-electron chi connectivity index (χ1n) is 5.91. The zero-order valence-corrected chi connectivity index (χ0v) is 13.3. The van der Waals surface area contributed by atoms with Crippen molar-refractivity contribution in [2.75, 3.05) is 0 Å². The summed E-state index contributed by atoms with van der Waals surface area (Å²) in [6.07, 6.45) is 0. The quantitative estimate of drug-likeness (QED) is 0.839. The van der Waals surface area contributed by atoms with Gasteiger partial charge in [0.2, 0.25) is 15.8 Å². The molecule has 0 unspecified atom stereocenters. The molecule has 112 valence electrons. The zero-order valence-electron chi connectivity index (χ0n) is 10.9. The van der Waals surface area contributed by atoms with Crippen LogP contribution in [-0.2, 0) is 10.0 Å². The van der Waals surface area contributed by atoms with Crippen LogP contribution < -0.4 is 4.72 Å². The molecule has 0 saturated heterocycles. The molecule has 1 aromatic carbocycles. The van der Waals surface area contributed by atoms with Gasteiger partial charge in [-0.15, -0.1) is 0 Å². The first-order chi connectivity index (χ1) is 9.81. The summed E-state index contributed by atoms with van der Waals surface area (Å²) < 4.78 is 31.7. The van der Waals surface area contributed by atoms with E-state index in [1.165, 1.54) is 0 Å². The Kier molecular flexibility index (Phi) is 4.50.